The minimum atomic E-state index is -3.95. The number of nitrogens with zero attached hydrogens (tertiary/aromatic N) is 2. The van der Waals surface area contributed by atoms with Gasteiger partial charge in [0.2, 0.25) is 21.8 Å². The van der Waals surface area contributed by atoms with Crippen LogP contribution in [0.5, 0.6) is 5.75 Å². The van der Waals surface area contributed by atoms with E-state index in [1.54, 1.807) is 31.2 Å². The van der Waals surface area contributed by atoms with Gasteiger partial charge in [-0.25, -0.2) is 8.42 Å². The highest BCUT2D eigenvalue weighted by Crippen LogP contribution is 2.33. The van der Waals surface area contributed by atoms with Crippen molar-refractivity contribution >= 4 is 62.3 Å². The van der Waals surface area contributed by atoms with E-state index in [4.69, 9.17) is 39.5 Å². The number of anilines is 1. The number of carbonyl (C=O) groups is 2. The molecule has 0 bridgehead atoms. The minimum Gasteiger partial charge on any atom is -0.495 e. The second-order valence-corrected chi connectivity index (χ2v) is 12.5. The Hall–Kier alpha value is -2.20. The number of nitrogens with one attached hydrogen (secondary N) is 1. The van der Waals surface area contributed by atoms with Crippen molar-refractivity contribution in [1.82, 2.24) is 10.2 Å². The third-order valence-electron chi connectivity index (χ3n) is 6.56. The van der Waals surface area contributed by atoms with Gasteiger partial charge in [0, 0.05) is 27.7 Å². The molecule has 1 fully saturated rings. The Kier molecular flexibility index (Phi) is 10.6. The van der Waals surface area contributed by atoms with E-state index in [9.17, 15) is 18.0 Å². The van der Waals surface area contributed by atoms with Crippen LogP contribution < -0.4 is 14.4 Å². The molecule has 1 aliphatic carbocycles. The topological polar surface area (TPSA) is 96.0 Å². The van der Waals surface area contributed by atoms with Crippen molar-refractivity contribution in [3.63, 3.8) is 0 Å². The van der Waals surface area contributed by atoms with Gasteiger partial charge in [0.1, 0.15) is 18.3 Å². The van der Waals surface area contributed by atoms with Gasteiger partial charge in [-0.2, -0.15) is 0 Å². The molecule has 0 saturated heterocycles. The number of ether oxygens (including phenoxy) is 1. The van der Waals surface area contributed by atoms with Crippen LogP contribution in [0.2, 0.25) is 15.1 Å². The molecule has 2 aromatic rings. The molecule has 1 aliphatic rings. The molecule has 8 nitrogen and oxygen atoms in total. The molecule has 1 N–H and O–H groups in total. The zero-order valence-electron chi connectivity index (χ0n) is 21.5. The molecule has 0 spiro atoms. The summed E-state index contributed by atoms with van der Waals surface area (Å²) in [6, 6.07) is 8.48. The van der Waals surface area contributed by atoms with E-state index < -0.39 is 28.5 Å². The average molecular weight is 605 g/mol. The lowest BCUT2D eigenvalue weighted by atomic mass is 9.95. The lowest BCUT2D eigenvalue weighted by Crippen LogP contribution is -2.53. The van der Waals surface area contributed by atoms with Crippen LogP contribution in [0, 0.1) is 0 Å². The summed E-state index contributed by atoms with van der Waals surface area (Å²) < 4.78 is 31.9. The van der Waals surface area contributed by atoms with Crippen molar-refractivity contribution in [2.24, 2.45) is 0 Å². The maximum absolute atomic E-state index is 13.8. The van der Waals surface area contributed by atoms with Gasteiger partial charge >= 0.3 is 0 Å². The number of hydrogen-bond acceptors (Lipinski definition) is 5. The highest BCUT2D eigenvalue weighted by Gasteiger charge is 2.32. The van der Waals surface area contributed by atoms with Gasteiger partial charge < -0.3 is 15.0 Å². The number of benzene rings is 2. The van der Waals surface area contributed by atoms with Crippen LogP contribution in [0.4, 0.5) is 5.69 Å². The molecule has 0 unspecified atom stereocenters. The molecule has 12 heteroatoms. The molecule has 2 aromatic carbocycles. The Morgan fingerprint density at radius 3 is 2.29 bits per heavy atom. The molecule has 0 radical (unpaired) electrons. The predicted octanol–water partition coefficient (Wildman–Crippen LogP) is 5.29. The number of carbonyl (C=O) groups excluding carboxylic acids is 2. The molecular weight excluding hydrogens is 573 g/mol. The highest BCUT2D eigenvalue weighted by molar-refractivity contribution is 7.92. The molecule has 2 amide bonds. The number of amides is 2. The molecule has 1 saturated carbocycles. The second kappa shape index (κ2) is 13.2. The van der Waals surface area contributed by atoms with Crippen LogP contribution in [0.25, 0.3) is 0 Å². The molecule has 0 aliphatic heterocycles. The van der Waals surface area contributed by atoms with E-state index in [1.165, 1.54) is 24.1 Å². The third kappa shape index (κ3) is 7.91. The standard InChI is InChI=1S/C26H32Cl3N3O5S/c1-17(26(34)30-21-7-5-4-6-8-21)31(15-18-9-10-19(27)13-22(18)29)25(33)16-32(38(3,35)36)23-14-20(28)11-12-24(23)37-2/h9-14,17,21H,4-8,15-16H2,1-3H3,(H,30,34)/t17-/m0/s1. The van der Waals surface area contributed by atoms with Gasteiger partial charge in [0.05, 0.1) is 19.1 Å². The lowest BCUT2D eigenvalue weighted by Gasteiger charge is -2.33. The first-order valence-electron chi connectivity index (χ1n) is 12.3. The summed E-state index contributed by atoms with van der Waals surface area (Å²) in [6.45, 7) is 1.00. The zero-order chi connectivity index (χ0) is 28.0. The highest BCUT2D eigenvalue weighted by atomic mass is 35.5. The zero-order valence-corrected chi connectivity index (χ0v) is 24.6. The summed E-state index contributed by atoms with van der Waals surface area (Å²) >= 11 is 18.6. The molecular formula is C26H32Cl3N3O5S. The second-order valence-electron chi connectivity index (χ2n) is 9.36. The molecule has 0 aromatic heterocycles. The Labute approximate surface area is 239 Å². The van der Waals surface area contributed by atoms with Crippen molar-refractivity contribution in [3.05, 3.63) is 57.0 Å². The fraction of sp³-hybridized carbons (Fsp3) is 0.462. The number of halogens is 3. The summed E-state index contributed by atoms with van der Waals surface area (Å²) in [7, 11) is -2.56. The fourth-order valence-electron chi connectivity index (χ4n) is 4.44. The van der Waals surface area contributed by atoms with Crippen molar-refractivity contribution in [2.45, 2.75) is 57.7 Å². The average Bonchev–Trinajstić information content (AvgIpc) is 2.86. The van der Waals surface area contributed by atoms with Crippen LogP contribution in [-0.2, 0) is 26.2 Å². The Balaban J connectivity index is 1.95. The van der Waals surface area contributed by atoms with E-state index in [1.807, 2.05) is 0 Å². The largest absolute Gasteiger partial charge is 0.495 e. The monoisotopic (exact) mass is 603 g/mol. The number of hydrogen-bond donors (Lipinski definition) is 1. The summed E-state index contributed by atoms with van der Waals surface area (Å²) in [5.74, 6) is -0.695. The maximum Gasteiger partial charge on any atom is 0.244 e. The third-order valence-corrected chi connectivity index (χ3v) is 8.51. The summed E-state index contributed by atoms with van der Waals surface area (Å²) in [5.41, 5.74) is 0.674. The predicted molar refractivity (Wildman–Crippen MR) is 152 cm³/mol. The van der Waals surface area contributed by atoms with E-state index in [-0.39, 0.29) is 35.0 Å². The van der Waals surface area contributed by atoms with Crippen molar-refractivity contribution in [3.8, 4) is 5.75 Å². The van der Waals surface area contributed by atoms with Gasteiger partial charge in [-0.3, -0.25) is 13.9 Å². The van der Waals surface area contributed by atoms with Gasteiger partial charge in [0.15, 0.2) is 0 Å². The van der Waals surface area contributed by atoms with Crippen LogP contribution >= 0.6 is 34.8 Å². The molecule has 208 valence electrons. The molecule has 0 heterocycles. The van der Waals surface area contributed by atoms with Crippen molar-refractivity contribution in [1.29, 1.82) is 0 Å². The van der Waals surface area contributed by atoms with Crippen molar-refractivity contribution in [2.75, 3.05) is 24.2 Å². The van der Waals surface area contributed by atoms with Gasteiger partial charge in [-0.1, -0.05) is 60.1 Å². The molecule has 38 heavy (non-hydrogen) atoms. The van der Waals surface area contributed by atoms with Crippen molar-refractivity contribution < 1.29 is 22.7 Å². The van der Waals surface area contributed by atoms with Crippen LogP contribution in [0.1, 0.15) is 44.6 Å². The van der Waals surface area contributed by atoms with E-state index in [0.717, 1.165) is 42.7 Å². The Bertz CT molecular complexity index is 1270. The number of rotatable bonds is 10. The van der Waals surface area contributed by atoms with Crippen LogP contribution in [0.3, 0.4) is 0 Å². The van der Waals surface area contributed by atoms with Gasteiger partial charge in [0.25, 0.3) is 0 Å². The quantitative estimate of drug-likeness (QED) is 0.398. The SMILES string of the molecule is COc1ccc(Cl)cc1N(CC(=O)N(Cc1ccc(Cl)cc1Cl)[C@@H](C)C(=O)NC1CCCCC1)S(C)(=O)=O. The molecule has 3 rings (SSSR count). The Morgan fingerprint density at radius 2 is 1.68 bits per heavy atom. The van der Waals surface area contributed by atoms with Gasteiger partial charge in [-0.15, -0.1) is 0 Å². The van der Waals surface area contributed by atoms with Crippen LogP contribution in [0.15, 0.2) is 36.4 Å². The number of methoxy groups -OCH3 is 1. The first-order chi connectivity index (χ1) is 17.9. The molecule has 1 atom stereocenters. The Morgan fingerprint density at radius 1 is 1.05 bits per heavy atom. The van der Waals surface area contributed by atoms with Gasteiger partial charge in [-0.05, 0) is 55.7 Å². The van der Waals surface area contributed by atoms with Crippen LogP contribution in [-0.4, -0.2) is 57.1 Å². The first kappa shape index (κ1) is 30.3. The summed E-state index contributed by atoms with van der Waals surface area (Å²) in [6.07, 6.45) is 5.95. The minimum absolute atomic E-state index is 0.0294. The fourth-order valence-corrected chi connectivity index (χ4v) is 5.92. The van der Waals surface area contributed by atoms with E-state index >= 15 is 0 Å². The normalized spacial score (nSPS) is 15.0. The van der Waals surface area contributed by atoms with E-state index in [0.29, 0.717) is 15.6 Å². The summed E-state index contributed by atoms with van der Waals surface area (Å²) in [5, 5.41) is 4.07. The number of sulfonamides is 1. The lowest BCUT2D eigenvalue weighted by molar-refractivity contribution is -0.139. The summed E-state index contributed by atoms with van der Waals surface area (Å²) in [4.78, 5) is 28.4. The van der Waals surface area contributed by atoms with E-state index in [2.05, 4.69) is 5.32 Å². The smallest absolute Gasteiger partial charge is 0.244 e. The maximum atomic E-state index is 13.8. The first-order valence-corrected chi connectivity index (χ1v) is 15.2.